The summed E-state index contributed by atoms with van der Waals surface area (Å²) in [6.07, 6.45) is 1.29. The topological polar surface area (TPSA) is 78.3 Å². The van der Waals surface area contributed by atoms with Gasteiger partial charge in [-0.2, -0.15) is 0 Å². The zero-order valence-corrected chi connectivity index (χ0v) is 9.64. The number of nitrogens with zero attached hydrogens (tertiary/aromatic N) is 1. The molecule has 1 fully saturated rings. The summed E-state index contributed by atoms with van der Waals surface area (Å²) in [4.78, 5) is 2.51. The van der Waals surface area contributed by atoms with Crippen LogP contribution in [0.3, 0.4) is 0 Å². The Morgan fingerprint density at radius 1 is 1.08 bits per heavy atom. The van der Waals surface area contributed by atoms with Crippen molar-refractivity contribution in [2.75, 3.05) is 32.7 Å². The van der Waals surface area contributed by atoms with E-state index in [4.69, 9.17) is 0 Å². The van der Waals surface area contributed by atoms with Crippen molar-refractivity contribution in [2.24, 2.45) is 0 Å². The monoisotopic (exact) mass is 236 g/mol. The van der Waals surface area contributed by atoms with Crippen LogP contribution in [0.15, 0.2) is 0 Å². The van der Waals surface area contributed by atoms with Crippen LogP contribution in [0.25, 0.3) is 0 Å². The molecule has 0 radical (unpaired) electrons. The summed E-state index contributed by atoms with van der Waals surface area (Å²) in [6, 6.07) is 0. The van der Waals surface area contributed by atoms with Gasteiger partial charge in [-0.25, -0.2) is 0 Å². The number of rotatable bonds is 2. The van der Waals surface area contributed by atoms with Gasteiger partial charge in [-0.05, 0) is 13.0 Å². The lowest BCUT2D eigenvalue weighted by molar-refractivity contribution is 0.241. The third-order valence-corrected chi connectivity index (χ3v) is 1.75. The van der Waals surface area contributed by atoms with Gasteiger partial charge in [-0.1, -0.05) is 6.92 Å². The van der Waals surface area contributed by atoms with Crippen LogP contribution in [0.1, 0.15) is 13.3 Å². The second-order valence-electron chi connectivity index (χ2n) is 2.59. The molecule has 0 unspecified atom stereocenters. The van der Waals surface area contributed by atoms with E-state index in [1.165, 1.54) is 39.1 Å². The molecule has 1 rings (SSSR count). The fraction of sp³-hybridized carbons (Fsp3) is 1.00. The summed E-state index contributed by atoms with van der Waals surface area (Å²) < 4.78 is 0. The molecule has 4 nitrogen and oxygen atoms in total. The fourth-order valence-electron chi connectivity index (χ4n) is 1.25. The van der Waals surface area contributed by atoms with Crippen LogP contribution < -0.4 is 5.32 Å². The Labute approximate surface area is 92.5 Å². The lowest BCUT2D eigenvalue weighted by Gasteiger charge is -2.26. The van der Waals surface area contributed by atoms with Crippen molar-refractivity contribution in [1.29, 1.82) is 0 Å². The third-order valence-electron chi connectivity index (χ3n) is 1.75. The zero-order valence-electron chi connectivity index (χ0n) is 8.01. The largest absolute Gasteiger partial charge is 0.412 e. The highest BCUT2D eigenvalue weighted by atomic mass is 35.5. The minimum Gasteiger partial charge on any atom is -0.412 e. The average molecular weight is 237 g/mol. The zero-order chi connectivity index (χ0) is 6.53. The Hall–Kier alpha value is 0.420. The number of hydrogen-bond acceptors (Lipinski definition) is 2. The normalized spacial score (nSPS) is 15.5. The van der Waals surface area contributed by atoms with Gasteiger partial charge in [0.25, 0.3) is 0 Å². The highest BCUT2D eigenvalue weighted by Gasteiger charge is 2.06. The fourth-order valence-corrected chi connectivity index (χ4v) is 1.25. The molecule has 1 heterocycles. The first-order valence-electron chi connectivity index (χ1n) is 3.86. The molecule has 0 aliphatic carbocycles. The van der Waals surface area contributed by atoms with E-state index in [1.54, 1.807) is 0 Å². The molecule has 0 aromatic rings. The van der Waals surface area contributed by atoms with Crippen molar-refractivity contribution in [2.45, 2.75) is 13.3 Å². The quantitative estimate of drug-likeness (QED) is 0.702. The Morgan fingerprint density at radius 3 is 1.92 bits per heavy atom. The van der Waals surface area contributed by atoms with Crippen LogP contribution in [0.2, 0.25) is 0 Å². The van der Waals surface area contributed by atoms with Gasteiger partial charge in [0.05, 0.1) is 0 Å². The molecule has 1 saturated heterocycles. The second kappa shape index (κ2) is 14.9. The highest BCUT2D eigenvalue weighted by Crippen LogP contribution is 1.92. The van der Waals surface area contributed by atoms with E-state index in [1.807, 2.05) is 0 Å². The molecule has 0 amide bonds. The van der Waals surface area contributed by atoms with Crippen LogP contribution in [0, 0.1) is 0 Å². The lowest BCUT2D eigenvalue weighted by Crippen LogP contribution is -2.43. The molecule has 0 atom stereocenters. The maximum absolute atomic E-state index is 3.33. The maximum Gasteiger partial charge on any atom is 0.0107 e. The minimum absolute atomic E-state index is 0. The molecule has 0 aromatic heterocycles. The standard InChI is InChI=1S/C7H16N2.2ClH.2H2O/c1-2-5-9-6-3-8-4-7-9;;;;/h8H,2-7H2,1H3;2*1H;2*1H2. The van der Waals surface area contributed by atoms with Crippen LogP contribution in [-0.2, 0) is 0 Å². The van der Waals surface area contributed by atoms with Crippen molar-refractivity contribution < 1.29 is 11.0 Å². The Morgan fingerprint density at radius 2 is 1.54 bits per heavy atom. The van der Waals surface area contributed by atoms with Crippen molar-refractivity contribution in [3.63, 3.8) is 0 Å². The summed E-state index contributed by atoms with van der Waals surface area (Å²) in [7, 11) is 0. The minimum atomic E-state index is 0. The average Bonchev–Trinajstić information content (AvgIpc) is 1.91. The molecule has 0 spiro atoms. The lowest BCUT2D eigenvalue weighted by atomic mass is 10.3. The number of piperazine rings is 1. The number of halogens is 2. The van der Waals surface area contributed by atoms with Gasteiger partial charge in [0.1, 0.15) is 0 Å². The van der Waals surface area contributed by atoms with Crippen LogP contribution in [0.4, 0.5) is 0 Å². The SMILES string of the molecule is CCCN1CCNCC1.Cl.Cl.O.O. The van der Waals surface area contributed by atoms with Crippen molar-refractivity contribution in [1.82, 2.24) is 10.2 Å². The second-order valence-corrected chi connectivity index (χ2v) is 2.59. The molecule has 0 aromatic carbocycles. The van der Waals surface area contributed by atoms with Crippen LogP contribution in [-0.4, -0.2) is 48.6 Å². The Balaban J connectivity index is -0.000000101. The number of nitrogens with one attached hydrogen (secondary N) is 1. The molecule has 13 heavy (non-hydrogen) atoms. The smallest absolute Gasteiger partial charge is 0.0107 e. The van der Waals surface area contributed by atoms with Crippen molar-refractivity contribution >= 4 is 24.8 Å². The van der Waals surface area contributed by atoms with E-state index < -0.39 is 0 Å². The van der Waals surface area contributed by atoms with E-state index in [0.29, 0.717) is 0 Å². The molecular weight excluding hydrogens is 215 g/mol. The van der Waals surface area contributed by atoms with Gasteiger partial charge < -0.3 is 21.2 Å². The van der Waals surface area contributed by atoms with Gasteiger partial charge in [-0.3, -0.25) is 0 Å². The molecule has 0 saturated carbocycles. The van der Waals surface area contributed by atoms with Gasteiger partial charge in [0.15, 0.2) is 0 Å². The number of hydrogen-bond donors (Lipinski definition) is 1. The van der Waals surface area contributed by atoms with E-state index in [9.17, 15) is 0 Å². The summed E-state index contributed by atoms with van der Waals surface area (Å²) >= 11 is 0. The summed E-state index contributed by atoms with van der Waals surface area (Å²) in [5.74, 6) is 0. The predicted octanol–water partition coefficient (Wildman–Crippen LogP) is -0.504. The predicted molar refractivity (Wildman–Crippen MR) is 61.3 cm³/mol. The van der Waals surface area contributed by atoms with E-state index in [2.05, 4.69) is 17.1 Å². The van der Waals surface area contributed by atoms with Gasteiger partial charge in [-0.15, -0.1) is 24.8 Å². The van der Waals surface area contributed by atoms with Crippen LogP contribution >= 0.6 is 24.8 Å². The maximum atomic E-state index is 3.33. The van der Waals surface area contributed by atoms with Crippen molar-refractivity contribution in [3.05, 3.63) is 0 Å². The van der Waals surface area contributed by atoms with Gasteiger partial charge in [0, 0.05) is 26.2 Å². The molecule has 6 heteroatoms. The van der Waals surface area contributed by atoms with Gasteiger partial charge in [0.2, 0.25) is 0 Å². The first-order valence-corrected chi connectivity index (χ1v) is 3.86. The molecule has 5 N–H and O–H groups in total. The summed E-state index contributed by atoms with van der Waals surface area (Å²) in [5.41, 5.74) is 0. The first kappa shape index (κ1) is 23.3. The van der Waals surface area contributed by atoms with E-state index >= 15 is 0 Å². The van der Waals surface area contributed by atoms with Gasteiger partial charge >= 0.3 is 0 Å². The Kier molecular flexibility index (Phi) is 26.8. The highest BCUT2D eigenvalue weighted by molar-refractivity contribution is 5.85. The molecule has 0 bridgehead atoms. The summed E-state index contributed by atoms with van der Waals surface area (Å²) in [6.45, 7) is 8.37. The van der Waals surface area contributed by atoms with E-state index in [-0.39, 0.29) is 35.8 Å². The van der Waals surface area contributed by atoms with E-state index in [0.717, 1.165) is 0 Å². The summed E-state index contributed by atoms with van der Waals surface area (Å²) in [5, 5.41) is 3.33. The van der Waals surface area contributed by atoms with Crippen LogP contribution in [0.5, 0.6) is 0 Å². The molecule has 86 valence electrons. The molecule has 1 aliphatic rings. The molecule has 1 aliphatic heterocycles. The van der Waals surface area contributed by atoms with Crippen molar-refractivity contribution in [3.8, 4) is 0 Å². The molecular formula is C7H22Cl2N2O2. The first-order chi connectivity index (χ1) is 4.43. The Bertz CT molecular complexity index is 80.1. The third kappa shape index (κ3) is 10.3.